The summed E-state index contributed by atoms with van der Waals surface area (Å²) in [6.07, 6.45) is 11.2. The van der Waals surface area contributed by atoms with E-state index in [9.17, 15) is 19.8 Å². The van der Waals surface area contributed by atoms with Gasteiger partial charge in [0, 0.05) is 11.5 Å². The molecule has 2 aliphatic carbocycles. The molecular formula is C16H22O4. The highest BCUT2D eigenvalue weighted by Crippen LogP contribution is 2.44. The summed E-state index contributed by atoms with van der Waals surface area (Å²) in [4.78, 5) is 23.0. The topological polar surface area (TPSA) is 74.6 Å². The summed E-state index contributed by atoms with van der Waals surface area (Å²) < 4.78 is 0. The zero-order valence-electron chi connectivity index (χ0n) is 11.8. The maximum absolute atomic E-state index is 11.6. The maximum atomic E-state index is 11.6. The van der Waals surface area contributed by atoms with Crippen molar-refractivity contribution in [2.75, 3.05) is 0 Å². The van der Waals surface area contributed by atoms with Crippen LogP contribution in [0.25, 0.3) is 0 Å². The molecule has 0 heterocycles. The lowest BCUT2D eigenvalue weighted by atomic mass is 9.65. The number of carbonyl (C=O) groups is 2. The first-order valence-corrected chi connectivity index (χ1v) is 7.31. The fraction of sp³-hybridized carbons (Fsp3) is 0.625. The van der Waals surface area contributed by atoms with Gasteiger partial charge in [0.05, 0.1) is 5.41 Å². The highest BCUT2D eigenvalue weighted by atomic mass is 16.4. The van der Waals surface area contributed by atoms with E-state index in [1.165, 1.54) is 19.3 Å². The number of hydrogen-bond donors (Lipinski definition) is 2. The van der Waals surface area contributed by atoms with Crippen molar-refractivity contribution in [2.45, 2.75) is 45.4 Å². The van der Waals surface area contributed by atoms with E-state index < -0.39 is 23.3 Å². The van der Waals surface area contributed by atoms with Gasteiger partial charge in [0.1, 0.15) is 0 Å². The van der Waals surface area contributed by atoms with Gasteiger partial charge in [-0.3, -0.25) is 4.79 Å². The molecule has 4 heteroatoms. The Morgan fingerprint density at radius 2 is 1.90 bits per heavy atom. The van der Waals surface area contributed by atoms with E-state index in [2.05, 4.69) is 0 Å². The van der Waals surface area contributed by atoms with Gasteiger partial charge in [-0.25, -0.2) is 4.79 Å². The Hall–Kier alpha value is -1.58. The van der Waals surface area contributed by atoms with Gasteiger partial charge in [-0.15, -0.1) is 0 Å². The minimum atomic E-state index is -1.11. The molecule has 110 valence electrons. The first kappa shape index (κ1) is 14.8. The summed E-state index contributed by atoms with van der Waals surface area (Å²) in [7, 11) is 0. The molecule has 4 nitrogen and oxygen atoms in total. The minimum Gasteiger partial charge on any atom is -0.481 e. The van der Waals surface area contributed by atoms with Crippen LogP contribution in [0.5, 0.6) is 0 Å². The van der Waals surface area contributed by atoms with Gasteiger partial charge < -0.3 is 10.2 Å². The molecule has 0 saturated heterocycles. The minimum absolute atomic E-state index is 0.239. The second kappa shape index (κ2) is 5.81. The number of hydrogen-bond acceptors (Lipinski definition) is 2. The van der Waals surface area contributed by atoms with Crippen LogP contribution in [0.3, 0.4) is 0 Å². The lowest BCUT2D eigenvalue weighted by Gasteiger charge is -2.37. The Balaban J connectivity index is 2.25. The number of carboxylic acids is 2. The number of carboxylic acid groups (broad SMARTS) is 2. The number of aliphatic carboxylic acids is 2. The van der Waals surface area contributed by atoms with Crippen molar-refractivity contribution >= 4 is 11.9 Å². The van der Waals surface area contributed by atoms with E-state index in [0.29, 0.717) is 12.3 Å². The fourth-order valence-corrected chi connectivity index (χ4v) is 3.48. The Labute approximate surface area is 119 Å². The molecule has 2 aliphatic rings. The zero-order chi connectivity index (χ0) is 14.8. The molecule has 2 rings (SSSR count). The van der Waals surface area contributed by atoms with E-state index >= 15 is 0 Å². The maximum Gasteiger partial charge on any atom is 0.331 e. The number of allylic oxidation sites excluding steroid dienone is 2. The summed E-state index contributed by atoms with van der Waals surface area (Å²) in [5, 5.41) is 18.9. The highest BCUT2D eigenvalue weighted by molar-refractivity contribution is 5.91. The van der Waals surface area contributed by atoms with Gasteiger partial charge >= 0.3 is 11.9 Å². The molecule has 0 spiro atoms. The van der Waals surface area contributed by atoms with Gasteiger partial charge in [0.2, 0.25) is 0 Å². The second-order valence-corrected chi connectivity index (χ2v) is 6.17. The van der Waals surface area contributed by atoms with Crippen molar-refractivity contribution in [3.05, 3.63) is 23.8 Å². The summed E-state index contributed by atoms with van der Waals surface area (Å²) >= 11 is 0. The molecule has 0 aromatic carbocycles. The lowest BCUT2D eigenvalue weighted by molar-refractivity contribution is -0.148. The average Bonchev–Trinajstić information content (AvgIpc) is 2.42. The normalized spacial score (nSPS) is 30.9. The Kier molecular flexibility index (Phi) is 4.31. The Bertz CT molecular complexity index is 457. The molecule has 1 saturated carbocycles. The van der Waals surface area contributed by atoms with Crippen molar-refractivity contribution in [1.29, 1.82) is 0 Å². The molecule has 0 amide bonds. The Morgan fingerprint density at radius 3 is 2.45 bits per heavy atom. The van der Waals surface area contributed by atoms with Crippen molar-refractivity contribution < 1.29 is 19.8 Å². The Morgan fingerprint density at radius 1 is 1.25 bits per heavy atom. The molecule has 2 N–H and O–H groups in total. The zero-order valence-corrected chi connectivity index (χ0v) is 11.8. The van der Waals surface area contributed by atoms with Crippen molar-refractivity contribution in [3.8, 4) is 0 Å². The van der Waals surface area contributed by atoms with Crippen LogP contribution < -0.4 is 0 Å². The summed E-state index contributed by atoms with van der Waals surface area (Å²) in [5.41, 5.74) is -0.872. The standard InChI is InChI=1S/C16H22O4/c1-16(15(19)20)9-5-8-12(14(17)18)13(16)10-11-6-3-2-4-7-11/h5,8-9,11,13H,2-4,6-7,10H2,1H3,(H,17,18)(H,19,20). The molecular weight excluding hydrogens is 256 g/mol. The smallest absolute Gasteiger partial charge is 0.331 e. The van der Waals surface area contributed by atoms with Crippen LogP contribution in [-0.2, 0) is 9.59 Å². The van der Waals surface area contributed by atoms with Crippen molar-refractivity contribution in [2.24, 2.45) is 17.3 Å². The van der Waals surface area contributed by atoms with Crippen LogP contribution in [0.15, 0.2) is 23.8 Å². The third-order valence-corrected chi connectivity index (χ3v) is 4.82. The van der Waals surface area contributed by atoms with E-state index in [4.69, 9.17) is 0 Å². The molecule has 0 aromatic rings. The monoisotopic (exact) mass is 278 g/mol. The molecule has 20 heavy (non-hydrogen) atoms. The third-order valence-electron chi connectivity index (χ3n) is 4.82. The first-order chi connectivity index (χ1) is 9.45. The summed E-state index contributed by atoms with van der Waals surface area (Å²) in [6.45, 7) is 1.63. The van der Waals surface area contributed by atoms with Crippen LogP contribution >= 0.6 is 0 Å². The van der Waals surface area contributed by atoms with Crippen LogP contribution in [0.2, 0.25) is 0 Å². The summed E-state index contributed by atoms with van der Waals surface area (Å²) in [5.74, 6) is -1.93. The van der Waals surface area contributed by atoms with Gasteiger partial charge in [-0.05, 0) is 19.3 Å². The predicted octanol–water partition coefficient (Wildman–Crippen LogP) is 3.24. The van der Waals surface area contributed by atoms with E-state index in [0.717, 1.165) is 12.8 Å². The van der Waals surface area contributed by atoms with Crippen LogP contribution in [0.4, 0.5) is 0 Å². The van der Waals surface area contributed by atoms with E-state index in [1.54, 1.807) is 25.2 Å². The number of rotatable bonds is 4. The van der Waals surface area contributed by atoms with Crippen molar-refractivity contribution in [3.63, 3.8) is 0 Å². The van der Waals surface area contributed by atoms with Gasteiger partial charge in [0.25, 0.3) is 0 Å². The van der Waals surface area contributed by atoms with Gasteiger partial charge in [-0.2, -0.15) is 0 Å². The second-order valence-electron chi connectivity index (χ2n) is 6.17. The van der Waals surface area contributed by atoms with Crippen molar-refractivity contribution in [1.82, 2.24) is 0 Å². The van der Waals surface area contributed by atoms with Gasteiger partial charge in [-0.1, -0.05) is 50.3 Å². The highest BCUT2D eigenvalue weighted by Gasteiger charge is 2.45. The SMILES string of the molecule is CC1(C(=O)O)C=CC=C(C(=O)O)C1CC1CCCCC1. The quantitative estimate of drug-likeness (QED) is 0.827. The molecule has 2 atom stereocenters. The predicted molar refractivity (Wildman–Crippen MR) is 75.3 cm³/mol. The molecule has 0 aliphatic heterocycles. The van der Waals surface area contributed by atoms with Crippen LogP contribution in [0.1, 0.15) is 45.4 Å². The van der Waals surface area contributed by atoms with Crippen LogP contribution in [-0.4, -0.2) is 22.2 Å². The molecule has 2 unspecified atom stereocenters. The average molecular weight is 278 g/mol. The van der Waals surface area contributed by atoms with E-state index in [1.807, 2.05) is 0 Å². The van der Waals surface area contributed by atoms with Crippen LogP contribution in [0, 0.1) is 17.3 Å². The molecule has 0 radical (unpaired) electrons. The fourth-order valence-electron chi connectivity index (χ4n) is 3.48. The molecule has 1 fully saturated rings. The largest absolute Gasteiger partial charge is 0.481 e. The third kappa shape index (κ3) is 2.79. The van der Waals surface area contributed by atoms with E-state index in [-0.39, 0.29) is 5.57 Å². The van der Waals surface area contributed by atoms with Gasteiger partial charge in [0.15, 0.2) is 0 Å². The first-order valence-electron chi connectivity index (χ1n) is 7.31. The molecule has 0 bridgehead atoms. The lowest BCUT2D eigenvalue weighted by Crippen LogP contribution is -2.39. The summed E-state index contributed by atoms with van der Waals surface area (Å²) in [6, 6.07) is 0. The molecule has 0 aromatic heterocycles.